The molecule has 32 heavy (non-hydrogen) atoms. The minimum atomic E-state index is -2.08. The summed E-state index contributed by atoms with van der Waals surface area (Å²) in [5.74, 6) is -0.310. The number of halogens is 2. The predicted molar refractivity (Wildman–Crippen MR) is 122 cm³/mol. The van der Waals surface area contributed by atoms with Gasteiger partial charge in [0.15, 0.2) is 0 Å². The summed E-state index contributed by atoms with van der Waals surface area (Å²) in [6.45, 7) is 9.65. The van der Waals surface area contributed by atoms with Gasteiger partial charge in [-0.15, -0.1) is 12.1 Å². The second-order valence-electron chi connectivity index (χ2n) is 8.10. The van der Waals surface area contributed by atoms with Crippen LogP contribution in [0.25, 0.3) is 22.8 Å². The fourth-order valence-electron chi connectivity index (χ4n) is 3.00. The van der Waals surface area contributed by atoms with Crippen molar-refractivity contribution in [3.8, 4) is 22.8 Å². The number of aryl methyl sites for hydroxylation is 2. The summed E-state index contributed by atoms with van der Waals surface area (Å²) < 4.78 is 28.2. The van der Waals surface area contributed by atoms with Crippen LogP contribution in [0.2, 0.25) is 19.6 Å². The average Bonchev–Trinajstić information content (AvgIpc) is 3.07. The summed E-state index contributed by atoms with van der Waals surface area (Å²) in [7, 11) is -2.08. The summed E-state index contributed by atoms with van der Waals surface area (Å²) in [5.41, 5.74) is 3.50. The number of nitrogens with zero attached hydrogens (tertiary/aromatic N) is 4. The first-order valence-electron chi connectivity index (χ1n) is 9.89. The molecule has 0 saturated heterocycles. The zero-order valence-electron chi connectivity index (χ0n) is 18.6. The van der Waals surface area contributed by atoms with Crippen molar-refractivity contribution in [1.82, 2.24) is 19.9 Å². The second-order valence-corrected chi connectivity index (χ2v) is 13.1. The first kappa shape index (κ1) is 25.7. The van der Waals surface area contributed by atoms with E-state index >= 15 is 0 Å². The van der Waals surface area contributed by atoms with Gasteiger partial charge in [0.25, 0.3) is 0 Å². The van der Waals surface area contributed by atoms with Gasteiger partial charge in [0, 0.05) is 44.1 Å². The molecule has 0 aliphatic rings. The number of hydrogen-bond donors (Lipinski definition) is 0. The summed E-state index contributed by atoms with van der Waals surface area (Å²) in [5, 5.41) is 0.210. The van der Waals surface area contributed by atoms with Gasteiger partial charge in [0.2, 0.25) is 0 Å². The number of pyridine rings is 2. The maximum atomic E-state index is 14.4. The minimum Gasteiger partial charge on any atom is -0.438 e. The number of aromatic nitrogens is 4. The molecule has 0 spiro atoms. The van der Waals surface area contributed by atoms with Gasteiger partial charge in [0.05, 0.1) is 13.8 Å². The summed E-state index contributed by atoms with van der Waals surface area (Å²) >= 11 is 0. The Hall–Kier alpha value is -2.54. The monoisotopic (exact) mass is 627 g/mol. The van der Waals surface area contributed by atoms with Crippen LogP contribution in [-0.4, -0.2) is 23.0 Å². The van der Waals surface area contributed by atoms with Gasteiger partial charge < -0.3 is 15.0 Å². The van der Waals surface area contributed by atoms with E-state index in [0.717, 1.165) is 22.9 Å². The molecule has 0 amide bonds. The van der Waals surface area contributed by atoms with Gasteiger partial charge in [0.1, 0.15) is 0 Å². The van der Waals surface area contributed by atoms with E-state index < -0.39 is 19.7 Å². The molecule has 0 atom stereocenters. The molecule has 1 aromatic carbocycles. The van der Waals surface area contributed by atoms with Gasteiger partial charge in [-0.2, -0.15) is 0 Å². The third kappa shape index (κ3) is 6.03. The standard InChI is InChI=1S/C14H14F2NSi.C10H10N3.Ir/c1-18(2,3)14-11(15)8-7-10(13(14)16)12-6-4-5-9-17-12;1-7-8(2)13-10(12-7)9-5-3-4-6-11-9;/h4-6,8-9H,1-3H3;3-6H,1-2H3;/q2*-1;. The van der Waals surface area contributed by atoms with E-state index in [1.807, 2.05) is 51.7 Å². The maximum Gasteiger partial charge on any atom is 0.0634 e. The summed E-state index contributed by atoms with van der Waals surface area (Å²) in [6, 6.07) is 14.8. The quantitative estimate of drug-likeness (QED) is 0.235. The fourth-order valence-corrected chi connectivity index (χ4v) is 4.57. The Morgan fingerprint density at radius 3 is 1.97 bits per heavy atom. The molecule has 4 nitrogen and oxygen atoms in total. The van der Waals surface area contributed by atoms with Gasteiger partial charge in [-0.05, 0) is 43.6 Å². The number of rotatable bonds is 3. The Balaban J connectivity index is 0.000000230. The molecule has 4 rings (SSSR count). The Kier molecular flexibility index (Phi) is 8.72. The summed E-state index contributed by atoms with van der Waals surface area (Å²) in [6.07, 6.45) is 3.33. The molecule has 0 fully saturated rings. The first-order chi connectivity index (χ1) is 14.7. The molecule has 0 N–H and O–H groups in total. The van der Waals surface area contributed by atoms with Crippen LogP contribution in [0.3, 0.4) is 0 Å². The van der Waals surface area contributed by atoms with Crippen molar-refractivity contribution in [1.29, 1.82) is 0 Å². The van der Waals surface area contributed by atoms with E-state index in [1.165, 1.54) is 6.07 Å². The van der Waals surface area contributed by atoms with Crippen LogP contribution in [0, 0.1) is 31.5 Å². The topological polar surface area (TPSA) is 52.8 Å². The molecule has 4 aromatic rings. The normalized spacial score (nSPS) is 10.7. The molecular weight excluding hydrogens is 603 g/mol. The van der Waals surface area contributed by atoms with Crippen molar-refractivity contribution < 1.29 is 28.9 Å². The molecule has 0 bridgehead atoms. The van der Waals surface area contributed by atoms with Crippen molar-refractivity contribution >= 4 is 13.3 Å². The Labute approximate surface area is 201 Å². The van der Waals surface area contributed by atoms with Crippen LogP contribution >= 0.6 is 0 Å². The number of benzene rings is 1. The van der Waals surface area contributed by atoms with Gasteiger partial charge in [-0.1, -0.05) is 60.0 Å². The van der Waals surface area contributed by atoms with Gasteiger partial charge in [-0.25, -0.2) is 0 Å². The van der Waals surface area contributed by atoms with Crippen molar-refractivity contribution in [2.75, 3.05) is 0 Å². The van der Waals surface area contributed by atoms with Crippen LogP contribution in [0.5, 0.6) is 0 Å². The van der Waals surface area contributed by atoms with Crippen molar-refractivity contribution in [2.45, 2.75) is 33.5 Å². The molecule has 8 heteroatoms. The third-order valence-electron chi connectivity index (χ3n) is 4.66. The van der Waals surface area contributed by atoms with Crippen LogP contribution in [0.15, 0.2) is 54.9 Å². The van der Waals surface area contributed by atoms with E-state index in [0.29, 0.717) is 5.69 Å². The molecule has 0 unspecified atom stereocenters. The van der Waals surface area contributed by atoms with E-state index in [-0.39, 0.29) is 30.9 Å². The van der Waals surface area contributed by atoms with Crippen LogP contribution in [0.4, 0.5) is 8.78 Å². The Morgan fingerprint density at radius 1 is 0.906 bits per heavy atom. The smallest absolute Gasteiger partial charge is 0.0634 e. The largest absolute Gasteiger partial charge is 0.438 e. The first-order valence-corrected chi connectivity index (χ1v) is 13.4. The van der Waals surface area contributed by atoms with Crippen molar-refractivity contribution in [2.24, 2.45) is 0 Å². The molecule has 0 saturated carbocycles. The van der Waals surface area contributed by atoms with Crippen molar-refractivity contribution in [3.05, 3.63) is 83.9 Å². The van der Waals surface area contributed by atoms with Gasteiger partial charge >= 0.3 is 0 Å². The van der Waals surface area contributed by atoms with E-state index in [9.17, 15) is 8.78 Å². The van der Waals surface area contributed by atoms with Crippen LogP contribution < -0.4 is 10.2 Å². The SMILES string of the molecule is C[Si](C)(C)c1c(F)c[c-]c(-c2ccccn2)c1F.Cc1nc(-c2ccccn2)[n-]c1C.[Ir]. The van der Waals surface area contributed by atoms with E-state index in [2.05, 4.69) is 26.0 Å². The zero-order chi connectivity index (χ0) is 22.6. The molecule has 169 valence electrons. The summed E-state index contributed by atoms with van der Waals surface area (Å²) in [4.78, 5) is 16.9. The molecule has 0 aliphatic carbocycles. The van der Waals surface area contributed by atoms with E-state index in [4.69, 9.17) is 0 Å². The fraction of sp³-hybridized carbons (Fsp3) is 0.208. The molecule has 3 aromatic heterocycles. The Morgan fingerprint density at radius 2 is 1.50 bits per heavy atom. The second kappa shape index (κ2) is 10.9. The van der Waals surface area contributed by atoms with Crippen LogP contribution in [-0.2, 0) is 20.1 Å². The zero-order valence-corrected chi connectivity index (χ0v) is 22.0. The molecule has 1 radical (unpaired) electrons. The van der Waals surface area contributed by atoms with Crippen LogP contribution in [0.1, 0.15) is 11.4 Å². The molecule has 0 aliphatic heterocycles. The average molecular weight is 627 g/mol. The van der Waals surface area contributed by atoms with Gasteiger partial charge in [-0.3, -0.25) is 13.8 Å². The van der Waals surface area contributed by atoms with E-state index in [1.54, 1.807) is 30.6 Å². The molecular formula is C24H24F2IrN4Si-2. The number of hydrogen-bond acceptors (Lipinski definition) is 3. The molecule has 3 heterocycles. The minimum absolute atomic E-state index is 0. The van der Waals surface area contributed by atoms with Crippen molar-refractivity contribution in [3.63, 3.8) is 0 Å². The Bertz CT molecular complexity index is 1140. The maximum absolute atomic E-state index is 14.4. The predicted octanol–water partition coefficient (Wildman–Crippen LogP) is 5.09. The number of imidazole rings is 1. The third-order valence-corrected chi connectivity index (χ3v) is 6.62.